The first-order chi connectivity index (χ1) is 14.4. The van der Waals surface area contributed by atoms with Gasteiger partial charge in [0.1, 0.15) is 5.60 Å². The zero-order chi connectivity index (χ0) is 21.0. The normalized spacial score (nSPS) is 28.8. The number of hydrogen-bond donors (Lipinski definition) is 0. The van der Waals surface area contributed by atoms with Crippen LogP contribution in [0.1, 0.15) is 16.8 Å². The summed E-state index contributed by atoms with van der Waals surface area (Å²) in [6, 6.07) is 6.01. The number of fused-ring (bicyclic) bond motifs is 1. The number of benzene rings is 1. The van der Waals surface area contributed by atoms with Gasteiger partial charge in [-0.2, -0.15) is 0 Å². The van der Waals surface area contributed by atoms with Gasteiger partial charge in [0, 0.05) is 25.1 Å². The lowest BCUT2D eigenvalue weighted by molar-refractivity contribution is -0.139. The second-order valence-electron chi connectivity index (χ2n) is 8.48. The average Bonchev–Trinajstić information content (AvgIpc) is 3.38. The lowest BCUT2D eigenvalue weighted by atomic mass is 9.76. The monoisotopic (exact) mass is 404 g/mol. The Labute approximate surface area is 175 Å². The zero-order valence-corrected chi connectivity index (χ0v) is 17.3. The molecule has 0 unspecified atom stereocenters. The number of ether oxygens (including phenoxy) is 1. The molecule has 1 spiro atoms. The predicted octanol–water partition coefficient (Wildman–Crippen LogP) is 2.04. The highest BCUT2D eigenvalue weighted by molar-refractivity contribution is 6.03. The van der Waals surface area contributed by atoms with Gasteiger partial charge in [0.15, 0.2) is 0 Å². The van der Waals surface area contributed by atoms with Crippen LogP contribution in [0.25, 0.3) is 0 Å². The summed E-state index contributed by atoms with van der Waals surface area (Å²) in [5.74, 6) is -1.18. The largest absolute Gasteiger partial charge is 0.360 e. The first-order valence-electron chi connectivity index (χ1n) is 10.2. The summed E-state index contributed by atoms with van der Waals surface area (Å²) in [6.07, 6.45) is 8.40. The van der Waals surface area contributed by atoms with Crippen LogP contribution in [0.4, 0.5) is 5.69 Å². The van der Waals surface area contributed by atoms with Crippen molar-refractivity contribution in [2.75, 3.05) is 18.5 Å². The summed E-state index contributed by atoms with van der Waals surface area (Å²) in [5.41, 5.74) is 3.14. The Kier molecular flexibility index (Phi) is 4.25. The SMILES string of the molecule is Cc1ccc(N2C[C@]34C=C[C@H](O3)[C@H](C(=O)N(C)Cc3cnccn3)[C@@H]4C2=O)cc1C. The molecule has 30 heavy (non-hydrogen) atoms. The summed E-state index contributed by atoms with van der Waals surface area (Å²) < 4.78 is 6.24. The number of carbonyl (C=O) groups excluding carboxylic acids is 2. The van der Waals surface area contributed by atoms with Crippen LogP contribution in [-0.4, -0.2) is 52.0 Å². The van der Waals surface area contributed by atoms with Gasteiger partial charge in [-0.1, -0.05) is 18.2 Å². The van der Waals surface area contributed by atoms with Crippen LogP contribution in [0.15, 0.2) is 48.9 Å². The molecular weight excluding hydrogens is 380 g/mol. The topological polar surface area (TPSA) is 75.6 Å². The van der Waals surface area contributed by atoms with Crippen molar-refractivity contribution in [1.82, 2.24) is 14.9 Å². The number of nitrogens with zero attached hydrogens (tertiary/aromatic N) is 4. The van der Waals surface area contributed by atoms with Gasteiger partial charge in [0.25, 0.3) is 0 Å². The van der Waals surface area contributed by atoms with E-state index in [2.05, 4.69) is 9.97 Å². The Morgan fingerprint density at radius 2 is 2.13 bits per heavy atom. The minimum atomic E-state index is -0.728. The van der Waals surface area contributed by atoms with Crippen molar-refractivity contribution < 1.29 is 14.3 Å². The van der Waals surface area contributed by atoms with Gasteiger partial charge in [0.2, 0.25) is 11.8 Å². The molecule has 5 rings (SSSR count). The van der Waals surface area contributed by atoms with Crippen LogP contribution < -0.4 is 4.90 Å². The number of aryl methyl sites for hydroxylation is 2. The number of anilines is 1. The summed E-state index contributed by atoms with van der Waals surface area (Å²) in [6.45, 7) is 4.86. The van der Waals surface area contributed by atoms with E-state index in [1.807, 2.05) is 44.2 Å². The highest BCUT2D eigenvalue weighted by Crippen LogP contribution is 2.53. The van der Waals surface area contributed by atoms with Crippen molar-refractivity contribution in [3.63, 3.8) is 0 Å². The lowest BCUT2D eigenvalue weighted by Gasteiger charge is -2.27. The molecule has 2 aromatic rings. The van der Waals surface area contributed by atoms with E-state index in [1.54, 1.807) is 35.4 Å². The maximum Gasteiger partial charge on any atom is 0.234 e. The maximum absolute atomic E-state index is 13.5. The van der Waals surface area contributed by atoms with Crippen molar-refractivity contribution in [1.29, 1.82) is 0 Å². The Hall–Kier alpha value is -3.06. The van der Waals surface area contributed by atoms with Crippen LogP contribution in [0.3, 0.4) is 0 Å². The second-order valence-corrected chi connectivity index (χ2v) is 8.48. The van der Waals surface area contributed by atoms with Crippen molar-refractivity contribution in [3.05, 3.63) is 65.8 Å². The Bertz CT molecular complexity index is 1050. The highest BCUT2D eigenvalue weighted by atomic mass is 16.5. The van der Waals surface area contributed by atoms with Crippen molar-refractivity contribution in [2.24, 2.45) is 11.8 Å². The van der Waals surface area contributed by atoms with Crippen molar-refractivity contribution in [2.45, 2.75) is 32.1 Å². The van der Waals surface area contributed by atoms with Gasteiger partial charge >= 0.3 is 0 Å². The van der Waals surface area contributed by atoms with Crippen LogP contribution in [-0.2, 0) is 20.9 Å². The van der Waals surface area contributed by atoms with E-state index >= 15 is 0 Å². The second kappa shape index (κ2) is 6.74. The Morgan fingerprint density at radius 1 is 1.30 bits per heavy atom. The molecule has 2 amide bonds. The van der Waals surface area contributed by atoms with Gasteiger partial charge in [-0.05, 0) is 37.1 Å². The molecule has 0 N–H and O–H groups in total. The molecule has 0 radical (unpaired) electrons. The molecule has 1 aromatic heterocycles. The molecular formula is C23H24N4O3. The molecule has 4 atom stereocenters. The van der Waals surface area contributed by atoms with Gasteiger partial charge in [-0.25, -0.2) is 0 Å². The molecule has 3 aliphatic heterocycles. The third kappa shape index (κ3) is 2.76. The van der Waals surface area contributed by atoms with Gasteiger partial charge in [-0.15, -0.1) is 0 Å². The van der Waals surface area contributed by atoms with Crippen molar-refractivity contribution >= 4 is 17.5 Å². The van der Waals surface area contributed by atoms with Gasteiger partial charge in [0.05, 0.1) is 42.9 Å². The van der Waals surface area contributed by atoms with Gasteiger partial charge < -0.3 is 14.5 Å². The Balaban J connectivity index is 1.42. The third-order valence-electron chi connectivity index (χ3n) is 6.58. The molecule has 2 saturated heterocycles. The minimum absolute atomic E-state index is 0.0450. The fraction of sp³-hybridized carbons (Fsp3) is 0.391. The molecule has 2 bridgehead atoms. The average molecular weight is 404 g/mol. The van der Waals surface area contributed by atoms with E-state index in [4.69, 9.17) is 4.74 Å². The molecule has 0 saturated carbocycles. The fourth-order valence-electron chi connectivity index (χ4n) is 4.88. The molecule has 2 fully saturated rings. The summed E-state index contributed by atoms with van der Waals surface area (Å²) >= 11 is 0. The maximum atomic E-state index is 13.5. The third-order valence-corrected chi connectivity index (χ3v) is 6.58. The number of carbonyl (C=O) groups is 2. The molecule has 7 nitrogen and oxygen atoms in total. The van der Waals surface area contributed by atoms with Gasteiger partial charge in [-0.3, -0.25) is 19.6 Å². The standard InChI is InChI=1S/C23H24N4O3/c1-14-4-5-17(10-15(14)2)27-13-23-7-6-18(30-23)19(20(23)22(27)29)21(28)26(3)12-16-11-24-8-9-25-16/h4-11,18-20H,12-13H2,1-3H3/t18-,19-,20+,23-/m0/s1. The molecule has 154 valence electrons. The van der Waals surface area contributed by atoms with Crippen molar-refractivity contribution in [3.8, 4) is 0 Å². The molecule has 1 aromatic carbocycles. The summed E-state index contributed by atoms with van der Waals surface area (Å²) in [7, 11) is 1.74. The van der Waals surface area contributed by atoms with Crippen LogP contribution in [0, 0.1) is 25.7 Å². The molecule has 4 heterocycles. The molecule has 3 aliphatic rings. The first-order valence-corrected chi connectivity index (χ1v) is 10.2. The van der Waals surface area contributed by atoms with E-state index in [-0.39, 0.29) is 17.9 Å². The first kappa shape index (κ1) is 18.9. The van der Waals surface area contributed by atoms with Crippen LogP contribution in [0.5, 0.6) is 0 Å². The number of hydrogen-bond acceptors (Lipinski definition) is 5. The lowest BCUT2D eigenvalue weighted by Crippen LogP contribution is -2.44. The van der Waals surface area contributed by atoms with E-state index in [0.717, 1.165) is 11.3 Å². The van der Waals surface area contributed by atoms with E-state index in [9.17, 15) is 9.59 Å². The van der Waals surface area contributed by atoms with Crippen LogP contribution >= 0.6 is 0 Å². The van der Waals surface area contributed by atoms with E-state index < -0.39 is 17.4 Å². The molecule has 0 aliphatic carbocycles. The van der Waals surface area contributed by atoms with Crippen LogP contribution in [0.2, 0.25) is 0 Å². The number of amides is 2. The van der Waals surface area contributed by atoms with E-state index in [1.165, 1.54) is 5.56 Å². The highest BCUT2D eigenvalue weighted by Gasteiger charge is 2.67. The fourth-order valence-corrected chi connectivity index (χ4v) is 4.88. The number of aromatic nitrogens is 2. The summed E-state index contributed by atoms with van der Waals surface area (Å²) in [5, 5.41) is 0. The van der Waals surface area contributed by atoms with E-state index in [0.29, 0.717) is 18.8 Å². The number of rotatable bonds is 4. The molecule has 7 heteroatoms. The minimum Gasteiger partial charge on any atom is -0.360 e. The smallest absolute Gasteiger partial charge is 0.234 e. The zero-order valence-electron chi connectivity index (χ0n) is 17.3. The quantitative estimate of drug-likeness (QED) is 0.729. The summed E-state index contributed by atoms with van der Waals surface area (Å²) in [4.78, 5) is 38.5. The predicted molar refractivity (Wildman–Crippen MR) is 110 cm³/mol. The Morgan fingerprint density at radius 3 is 2.87 bits per heavy atom.